The molecule has 0 bridgehead atoms. The van der Waals surface area contributed by atoms with Gasteiger partial charge in [-0.25, -0.2) is 8.42 Å². The minimum atomic E-state index is -3.57. The number of hydrogen-bond donors (Lipinski definition) is 1. The highest BCUT2D eigenvalue weighted by molar-refractivity contribution is 7.89. The largest absolute Gasteiger partial charge is 0.325 e. The number of sulfonamides is 1. The number of nitrogens with zero attached hydrogens (tertiary/aromatic N) is 1. The van der Waals surface area contributed by atoms with Gasteiger partial charge in [0.1, 0.15) is 0 Å². The summed E-state index contributed by atoms with van der Waals surface area (Å²) in [5.74, 6) is -0.629. The van der Waals surface area contributed by atoms with E-state index in [1.165, 1.54) is 10.7 Å². The lowest BCUT2D eigenvalue weighted by molar-refractivity contribution is -0.116. The summed E-state index contributed by atoms with van der Waals surface area (Å²) < 4.78 is 27.7. The number of anilines is 1. The highest BCUT2D eigenvalue weighted by Crippen LogP contribution is 2.29. The minimum Gasteiger partial charge on any atom is -0.325 e. The molecule has 0 unspecified atom stereocenters. The van der Waals surface area contributed by atoms with E-state index in [-0.39, 0.29) is 16.8 Å². The first-order valence-corrected chi connectivity index (χ1v) is 12.9. The van der Waals surface area contributed by atoms with Gasteiger partial charge in [-0.2, -0.15) is 4.31 Å². The summed E-state index contributed by atoms with van der Waals surface area (Å²) in [6.07, 6.45) is 5.12. The van der Waals surface area contributed by atoms with E-state index >= 15 is 0 Å². The summed E-state index contributed by atoms with van der Waals surface area (Å²) in [5.41, 5.74) is 2.36. The van der Waals surface area contributed by atoms with Crippen molar-refractivity contribution in [3.63, 3.8) is 0 Å². The summed E-state index contributed by atoms with van der Waals surface area (Å²) in [6, 6.07) is 25.8. The molecule has 1 N–H and O–H groups in total. The minimum absolute atomic E-state index is 0.0561. The van der Waals surface area contributed by atoms with E-state index in [0.717, 1.165) is 36.8 Å². The number of rotatable bonds is 7. The standard InChI is InChI=1S/C27H30N2O3S/c1-29(24-15-9-4-10-16-24)33(31,32)25-19-17-23(18-20-25)28-27(30)26(21-11-5-2-6-12-21)22-13-7-3-8-14-22/h2-3,5-8,11-14,17-20,24,26H,4,9-10,15-16H2,1H3,(H,28,30). The molecule has 0 radical (unpaired) electrons. The molecule has 0 aromatic heterocycles. The van der Waals surface area contributed by atoms with Crippen molar-refractivity contribution >= 4 is 21.6 Å². The molecule has 0 heterocycles. The molecular weight excluding hydrogens is 432 g/mol. The van der Waals surface area contributed by atoms with E-state index in [4.69, 9.17) is 0 Å². The molecule has 1 aliphatic rings. The van der Waals surface area contributed by atoms with Crippen LogP contribution in [0.25, 0.3) is 0 Å². The van der Waals surface area contributed by atoms with Crippen molar-refractivity contribution < 1.29 is 13.2 Å². The molecule has 1 amide bonds. The maximum atomic E-state index is 13.3. The molecule has 33 heavy (non-hydrogen) atoms. The number of carbonyl (C=O) groups excluding carboxylic acids is 1. The lowest BCUT2D eigenvalue weighted by Crippen LogP contribution is -2.38. The van der Waals surface area contributed by atoms with Crippen molar-refractivity contribution in [2.24, 2.45) is 0 Å². The predicted octanol–water partition coefficient (Wildman–Crippen LogP) is 5.41. The Kier molecular flexibility index (Phi) is 7.26. The van der Waals surface area contributed by atoms with Gasteiger partial charge in [0.15, 0.2) is 0 Å². The molecule has 0 saturated heterocycles. The molecule has 1 saturated carbocycles. The Morgan fingerprint density at radius 3 is 1.85 bits per heavy atom. The molecule has 172 valence electrons. The molecule has 3 aromatic rings. The zero-order valence-electron chi connectivity index (χ0n) is 18.9. The van der Waals surface area contributed by atoms with Gasteiger partial charge in [-0.1, -0.05) is 79.9 Å². The Morgan fingerprint density at radius 2 is 1.33 bits per heavy atom. The zero-order chi connectivity index (χ0) is 23.3. The second-order valence-corrected chi connectivity index (χ2v) is 10.6. The summed E-state index contributed by atoms with van der Waals surface area (Å²) in [7, 11) is -1.89. The molecule has 0 aliphatic heterocycles. The maximum absolute atomic E-state index is 13.3. The Balaban J connectivity index is 1.52. The van der Waals surface area contributed by atoms with Crippen LogP contribution in [0.1, 0.15) is 49.1 Å². The van der Waals surface area contributed by atoms with E-state index in [0.29, 0.717) is 5.69 Å². The number of carbonyl (C=O) groups is 1. The van der Waals surface area contributed by atoms with Crippen LogP contribution >= 0.6 is 0 Å². The first kappa shape index (κ1) is 23.2. The highest BCUT2D eigenvalue weighted by atomic mass is 32.2. The fourth-order valence-corrected chi connectivity index (χ4v) is 5.93. The van der Waals surface area contributed by atoms with Gasteiger partial charge in [0.2, 0.25) is 15.9 Å². The number of hydrogen-bond acceptors (Lipinski definition) is 3. The third-order valence-electron chi connectivity index (χ3n) is 6.42. The zero-order valence-corrected chi connectivity index (χ0v) is 19.7. The van der Waals surface area contributed by atoms with Crippen molar-refractivity contribution in [1.82, 2.24) is 4.31 Å². The molecule has 4 rings (SSSR count). The van der Waals surface area contributed by atoms with Crippen LogP contribution in [0.15, 0.2) is 89.8 Å². The van der Waals surface area contributed by atoms with Crippen LogP contribution in [-0.4, -0.2) is 31.7 Å². The molecule has 3 aromatic carbocycles. The summed E-state index contributed by atoms with van der Waals surface area (Å²) in [5, 5.41) is 2.96. The van der Waals surface area contributed by atoms with Crippen LogP contribution in [0.5, 0.6) is 0 Å². The summed E-state index contributed by atoms with van der Waals surface area (Å²) in [4.78, 5) is 13.5. The Morgan fingerprint density at radius 1 is 0.818 bits per heavy atom. The Bertz CT molecular complexity index is 1120. The average Bonchev–Trinajstić information content (AvgIpc) is 2.86. The van der Waals surface area contributed by atoms with Crippen LogP contribution in [0.2, 0.25) is 0 Å². The van der Waals surface area contributed by atoms with Gasteiger partial charge in [0, 0.05) is 18.8 Å². The van der Waals surface area contributed by atoms with Crippen molar-refractivity contribution in [2.75, 3.05) is 12.4 Å². The van der Waals surface area contributed by atoms with Crippen molar-refractivity contribution in [3.8, 4) is 0 Å². The van der Waals surface area contributed by atoms with Gasteiger partial charge in [0.05, 0.1) is 10.8 Å². The van der Waals surface area contributed by atoms with Crippen molar-refractivity contribution in [1.29, 1.82) is 0 Å². The highest BCUT2D eigenvalue weighted by Gasteiger charge is 2.29. The number of amides is 1. The van der Waals surface area contributed by atoms with E-state index < -0.39 is 15.9 Å². The van der Waals surface area contributed by atoms with E-state index in [9.17, 15) is 13.2 Å². The summed E-state index contributed by atoms with van der Waals surface area (Å²) >= 11 is 0. The topological polar surface area (TPSA) is 66.5 Å². The third kappa shape index (κ3) is 5.34. The van der Waals surface area contributed by atoms with Gasteiger partial charge >= 0.3 is 0 Å². The number of benzene rings is 3. The van der Waals surface area contributed by atoms with Crippen LogP contribution in [0.3, 0.4) is 0 Å². The second kappa shape index (κ2) is 10.3. The first-order valence-electron chi connectivity index (χ1n) is 11.5. The molecule has 5 nitrogen and oxygen atoms in total. The van der Waals surface area contributed by atoms with Gasteiger partial charge < -0.3 is 5.32 Å². The van der Waals surface area contributed by atoms with E-state index in [1.807, 2.05) is 60.7 Å². The van der Waals surface area contributed by atoms with Crippen molar-refractivity contribution in [3.05, 3.63) is 96.1 Å². The fraction of sp³-hybridized carbons (Fsp3) is 0.296. The van der Waals surface area contributed by atoms with Crippen LogP contribution < -0.4 is 5.32 Å². The predicted molar refractivity (Wildman–Crippen MR) is 132 cm³/mol. The third-order valence-corrected chi connectivity index (χ3v) is 8.34. The molecule has 1 fully saturated rings. The van der Waals surface area contributed by atoms with Gasteiger partial charge in [-0.05, 0) is 48.2 Å². The smallest absolute Gasteiger partial charge is 0.243 e. The van der Waals surface area contributed by atoms with Crippen LogP contribution in [-0.2, 0) is 14.8 Å². The molecule has 6 heteroatoms. The lowest BCUT2D eigenvalue weighted by Gasteiger charge is -2.30. The average molecular weight is 463 g/mol. The maximum Gasteiger partial charge on any atom is 0.243 e. The quantitative estimate of drug-likeness (QED) is 0.510. The Hall–Kier alpha value is -2.96. The van der Waals surface area contributed by atoms with Crippen LogP contribution in [0, 0.1) is 0 Å². The van der Waals surface area contributed by atoms with E-state index in [2.05, 4.69) is 5.32 Å². The van der Waals surface area contributed by atoms with Crippen LogP contribution in [0.4, 0.5) is 5.69 Å². The monoisotopic (exact) mass is 462 g/mol. The first-order chi connectivity index (χ1) is 16.0. The van der Waals surface area contributed by atoms with E-state index in [1.54, 1.807) is 31.3 Å². The molecule has 0 spiro atoms. The number of nitrogens with one attached hydrogen (secondary N) is 1. The lowest BCUT2D eigenvalue weighted by atomic mass is 9.90. The van der Waals surface area contributed by atoms with Gasteiger partial charge in [0.25, 0.3) is 0 Å². The molecule has 0 atom stereocenters. The van der Waals surface area contributed by atoms with Crippen molar-refractivity contribution in [2.45, 2.75) is 49.0 Å². The normalized spacial score (nSPS) is 15.0. The molecular formula is C27H30N2O3S. The molecule has 1 aliphatic carbocycles. The summed E-state index contributed by atoms with van der Waals surface area (Å²) in [6.45, 7) is 0. The SMILES string of the molecule is CN(C1CCCCC1)S(=O)(=O)c1ccc(NC(=O)C(c2ccccc2)c2ccccc2)cc1. The second-order valence-electron chi connectivity index (χ2n) is 8.58. The Labute approximate surface area is 196 Å². The van der Waals surface area contributed by atoms with Gasteiger partial charge in [-0.15, -0.1) is 0 Å². The van der Waals surface area contributed by atoms with Gasteiger partial charge in [-0.3, -0.25) is 4.79 Å². The fourth-order valence-electron chi connectivity index (χ4n) is 4.52.